The Hall–Kier alpha value is -1.75. The molecule has 0 saturated heterocycles. The number of benzene rings is 2. The molecule has 2 rings (SSSR count). The lowest BCUT2D eigenvalue weighted by Crippen LogP contribution is -1.99. The van der Waals surface area contributed by atoms with Crippen molar-refractivity contribution < 1.29 is 9.90 Å². The molecule has 0 aromatic heterocycles. The standard InChI is InChI=1S/C14H9Cl3N2O2/c15-10-2-1-3-11(16)9(10)7-18-19-13-6-8(14(20)21)4-5-12(13)17/h1-7,19H,(H,20,21)/b18-7-. The van der Waals surface area contributed by atoms with Gasteiger partial charge in [-0.1, -0.05) is 40.9 Å². The zero-order valence-corrected chi connectivity index (χ0v) is 12.7. The van der Waals surface area contributed by atoms with E-state index >= 15 is 0 Å². The van der Waals surface area contributed by atoms with Crippen molar-refractivity contribution in [3.63, 3.8) is 0 Å². The van der Waals surface area contributed by atoms with Gasteiger partial charge in [-0.2, -0.15) is 5.10 Å². The molecule has 0 unspecified atom stereocenters. The highest BCUT2D eigenvalue weighted by Gasteiger charge is 2.07. The fourth-order valence-electron chi connectivity index (χ4n) is 1.54. The van der Waals surface area contributed by atoms with Crippen molar-refractivity contribution in [1.29, 1.82) is 0 Å². The fraction of sp³-hybridized carbons (Fsp3) is 0. The Kier molecular flexibility index (Phi) is 5.07. The van der Waals surface area contributed by atoms with Gasteiger partial charge in [0.2, 0.25) is 0 Å². The summed E-state index contributed by atoms with van der Waals surface area (Å²) < 4.78 is 0. The van der Waals surface area contributed by atoms with E-state index < -0.39 is 5.97 Å². The van der Waals surface area contributed by atoms with E-state index in [1.54, 1.807) is 18.2 Å². The van der Waals surface area contributed by atoms with Crippen LogP contribution in [0.2, 0.25) is 15.1 Å². The van der Waals surface area contributed by atoms with Gasteiger partial charge >= 0.3 is 5.97 Å². The first kappa shape index (κ1) is 15.6. The smallest absolute Gasteiger partial charge is 0.335 e. The molecular weight excluding hydrogens is 335 g/mol. The quantitative estimate of drug-likeness (QED) is 0.619. The number of hydrogen-bond acceptors (Lipinski definition) is 3. The Bertz CT molecular complexity index is 697. The maximum atomic E-state index is 10.9. The van der Waals surface area contributed by atoms with E-state index in [1.807, 2.05) is 0 Å². The van der Waals surface area contributed by atoms with Crippen LogP contribution in [-0.2, 0) is 0 Å². The molecule has 0 amide bonds. The highest BCUT2D eigenvalue weighted by molar-refractivity contribution is 6.38. The van der Waals surface area contributed by atoms with Crippen molar-refractivity contribution in [3.8, 4) is 0 Å². The van der Waals surface area contributed by atoms with Crippen LogP contribution < -0.4 is 5.43 Å². The van der Waals surface area contributed by atoms with Crippen LogP contribution in [0.1, 0.15) is 15.9 Å². The molecule has 7 heteroatoms. The van der Waals surface area contributed by atoms with Crippen molar-refractivity contribution in [3.05, 3.63) is 62.6 Å². The number of nitrogens with one attached hydrogen (secondary N) is 1. The molecule has 0 radical (unpaired) electrons. The number of nitrogens with zero attached hydrogens (tertiary/aromatic N) is 1. The van der Waals surface area contributed by atoms with Crippen LogP contribution in [0.15, 0.2) is 41.5 Å². The number of anilines is 1. The Balaban J connectivity index is 2.22. The molecule has 2 N–H and O–H groups in total. The number of aromatic carboxylic acids is 1. The third-order valence-electron chi connectivity index (χ3n) is 2.59. The largest absolute Gasteiger partial charge is 0.478 e. The summed E-state index contributed by atoms with van der Waals surface area (Å²) in [5.41, 5.74) is 3.70. The number of carbonyl (C=O) groups is 1. The van der Waals surface area contributed by atoms with E-state index in [0.29, 0.717) is 26.3 Å². The first-order chi connectivity index (χ1) is 9.99. The first-order valence-electron chi connectivity index (χ1n) is 5.75. The first-order valence-corrected chi connectivity index (χ1v) is 6.88. The van der Waals surface area contributed by atoms with E-state index in [-0.39, 0.29) is 5.56 Å². The lowest BCUT2D eigenvalue weighted by atomic mass is 10.2. The molecule has 21 heavy (non-hydrogen) atoms. The molecule has 0 aliphatic rings. The van der Waals surface area contributed by atoms with Gasteiger partial charge in [-0.3, -0.25) is 5.43 Å². The second-order valence-electron chi connectivity index (χ2n) is 4.01. The van der Waals surface area contributed by atoms with Crippen molar-refractivity contribution in [2.75, 3.05) is 5.43 Å². The third kappa shape index (κ3) is 3.88. The summed E-state index contributed by atoms with van der Waals surface area (Å²) in [6, 6.07) is 9.37. The molecule has 0 aliphatic carbocycles. The predicted octanol–water partition coefficient (Wildman–Crippen LogP) is 4.79. The number of hydrazone groups is 1. The van der Waals surface area contributed by atoms with Crippen molar-refractivity contribution in [2.24, 2.45) is 5.10 Å². The van der Waals surface area contributed by atoms with Gasteiger partial charge in [-0.15, -0.1) is 0 Å². The van der Waals surface area contributed by atoms with Crippen molar-refractivity contribution >= 4 is 52.7 Å². The molecule has 2 aromatic carbocycles. The van der Waals surface area contributed by atoms with Gasteiger partial charge in [-0.05, 0) is 30.3 Å². The topological polar surface area (TPSA) is 61.7 Å². The highest BCUT2D eigenvalue weighted by atomic mass is 35.5. The summed E-state index contributed by atoms with van der Waals surface area (Å²) in [5.74, 6) is -1.05. The van der Waals surface area contributed by atoms with Crippen LogP contribution in [0.4, 0.5) is 5.69 Å². The number of hydrogen-bond donors (Lipinski definition) is 2. The predicted molar refractivity (Wildman–Crippen MR) is 86.1 cm³/mol. The Morgan fingerprint density at radius 3 is 2.38 bits per heavy atom. The Labute approximate surface area is 135 Å². The minimum absolute atomic E-state index is 0.105. The molecule has 0 fully saturated rings. The van der Waals surface area contributed by atoms with Crippen LogP contribution in [0, 0.1) is 0 Å². The maximum Gasteiger partial charge on any atom is 0.335 e. The molecule has 0 aliphatic heterocycles. The summed E-state index contributed by atoms with van der Waals surface area (Å²) in [6.45, 7) is 0. The summed E-state index contributed by atoms with van der Waals surface area (Å²) in [5, 5.41) is 14.2. The molecule has 2 aromatic rings. The van der Waals surface area contributed by atoms with Crippen LogP contribution in [0.3, 0.4) is 0 Å². The van der Waals surface area contributed by atoms with Crippen LogP contribution in [0.25, 0.3) is 0 Å². The molecular formula is C14H9Cl3N2O2. The van der Waals surface area contributed by atoms with E-state index in [1.165, 1.54) is 24.4 Å². The minimum atomic E-state index is -1.05. The van der Waals surface area contributed by atoms with Crippen LogP contribution in [0.5, 0.6) is 0 Å². The van der Waals surface area contributed by atoms with Gasteiger partial charge in [0.05, 0.1) is 32.5 Å². The van der Waals surface area contributed by atoms with Gasteiger partial charge < -0.3 is 5.11 Å². The lowest BCUT2D eigenvalue weighted by Gasteiger charge is -2.05. The van der Waals surface area contributed by atoms with Crippen molar-refractivity contribution in [1.82, 2.24) is 0 Å². The highest BCUT2D eigenvalue weighted by Crippen LogP contribution is 2.24. The zero-order chi connectivity index (χ0) is 15.4. The Morgan fingerprint density at radius 2 is 1.76 bits per heavy atom. The normalized spacial score (nSPS) is 10.8. The number of carboxylic acid groups (broad SMARTS) is 1. The Morgan fingerprint density at radius 1 is 1.10 bits per heavy atom. The molecule has 0 saturated carbocycles. The van der Waals surface area contributed by atoms with Gasteiger partial charge in [0.1, 0.15) is 0 Å². The molecule has 0 heterocycles. The number of carboxylic acids is 1. The van der Waals surface area contributed by atoms with Crippen molar-refractivity contribution in [2.45, 2.75) is 0 Å². The van der Waals surface area contributed by atoms with Gasteiger partial charge in [0, 0.05) is 5.56 Å². The monoisotopic (exact) mass is 342 g/mol. The van der Waals surface area contributed by atoms with Gasteiger partial charge in [-0.25, -0.2) is 4.79 Å². The summed E-state index contributed by atoms with van der Waals surface area (Å²) in [6.07, 6.45) is 1.44. The second-order valence-corrected chi connectivity index (χ2v) is 5.23. The zero-order valence-electron chi connectivity index (χ0n) is 10.5. The average molecular weight is 344 g/mol. The number of rotatable bonds is 4. The molecule has 0 atom stereocenters. The average Bonchev–Trinajstić information content (AvgIpc) is 2.43. The van der Waals surface area contributed by atoms with E-state index in [4.69, 9.17) is 39.9 Å². The summed E-state index contributed by atoms with van der Waals surface area (Å²) >= 11 is 18.0. The molecule has 0 spiro atoms. The number of halogens is 3. The molecule has 0 bridgehead atoms. The summed E-state index contributed by atoms with van der Waals surface area (Å²) in [4.78, 5) is 10.9. The van der Waals surface area contributed by atoms with E-state index in [2.05, 4.69) is 10.5 Å². The second kappa shape index (κ2) is 6.80. The van der Waals surface area contributed by atoms with E-state index in [0.717, 1.165) is 0 Å². The third-order valence-corrected chi connectivity index (χ3v) is 3.58. The van der Waals surface area contributed by atoms with Gasteiger partial charge in [0.15, 0.2) is 0 Å². The molecule has 108 valence electrons. The molecule has 4 nitrogen and oxygen atoms in total. The maximum absolute atomic E-state index is 10.9. The van der Waals surface area contributed by atoms with Gasteiger partial charge in [0.25, 0.3) is 0 Å². The lowest BCUT2D eigenvalue weighted by molar-refractivity contribution is 0.0697. The summed E-state index contributed by atoms with van der Waals surface area (Å²) in [7, 11) is 0. The minimum Gasteiger partial charge on any atom is -0.478 e. The van der Waals surface area contributed by atoms with Crippen LogP contribution >= 0.6 is 34.8 Å². The SMILES string of the molecule is O=C(O)c1ccc(Cl)c(N/N=C\c2c(Cl)cccc2Cl)c1. The van der Waals surface area contributed by atoms with E-state index in [9.17, 15) is 4.79 Å². The fourth-order valence-corrected chi connectivity index (χ4v) is 2.20. The van der Waals surface area contributed by atoms with Crippen LogP contribution in [-0.4, -0.2) is 17.3 Å².